The fourth-order valence-corrected chi connectivity index (χ4v) is 4.91. The predicted octanol–water partition coefficient (Wildman–Crippen LogP) is 4.26. The van der Waals surface area contributed by atoms with E-state index in [4.69, 9.17) is 4.52 Å². The van der Waals surface area contributed by atoms with E-state index in [9.17, 15) is 9.59 Å². The molecule has 2 amide bonds. The van der Waals surface area contributed by atoms with Gasteiger partial charge in [0.05, 0.1) is 23.4 Å². The molecule has 1 N–H and O–H groups in total. The van der Waals surface area contributed by atoms with Gasteiger partial charge in [0.15, 0.2) is 5.82 Å². The zero-order valence-corrected chi connectivity index (χ0v) is 19.7. The maximum absolute atomic E-state index is 12.9. The fourth-order valence-electron chi connectivity index (χ4n) is 4.91. The van der Waals surface area contributed by atoms with Gasteiger partial charge >= 0.3 is 6.03 Å². The summed E-state index contributed by atoms with van der Waals surface area (Å²) in [6.45, 7) is 4.18. The molecule has 1 fully saturated rings. The third kappa shape index (κ3) is 4.07. The average molecular weight is 471 g/mol. The highest BCUT2D eigenvalue weighted by molar-refractivity contribution is 5.98. The van der Waals surface area contributed by atoms with Gasteiger partial charge in [0.25, 0.3) is 0 Å². The van der Waals surface area contributed by atoms with Gasteiger partial charge in [-0.3, -0.25) is 14.7 Å². The van der Waals surface area contributed by atoms with Crippen molar-refractivity contribution < 1.29 is 14.1 Å². The summed E-state index contributed by atoms with van der Waals surface area (Å²) in [5.41, 5.74) is 4.95. The topological polar surface area (TPSA) is 106 Å². The number of rotatable bonds is 4. The SMILES string of the molecule is CC(=O)N1Cc2ncnc(Cc3ccc4c(ccn4C(=O)Nc4cc(C5CC5)on4)c3)c2CC1C. The average Bonchev–Trinajstić information content (AvgIpc) is 3.44. The Labute approximate surface area is 202 Å². The Morgan fingerprint density at radius 3 is 2.83 bits per heavy atom. The van der Waals surface area contributed by atoms with Gasteiger partial charge in [0.1, 0.15) is 12.1 Å². The lowest BCUT2D eigenvalue weighted by atomic mass is 9.94. The molecule has 0 bridgehead atoms. The van der Waals surface area contributed by atoms with Crippen LogP contribution >= 0.6 is 0 Å². The number of benzene rings is 1. The summed E-state index contributed by atoms with van der Waals surface area (Å²) in [6, 6.07) is 9.63. The molecule has 35 heavy (non-hydrogen) atoms. The normalized spacial score (nSPS) is 17.4. The molecule has 0 radical (unpaired) electrons. The number of nitrogens with zero attached hydrogens (tertiary/aromatic N) is 5. The Balaban J connectivity index is 1.21. The second-order valence-electron chi connectivity index (χ2n) is 9.52. The van der Waals surface area contributed by atoms with Gasteiger partial charge in [0.2, 0.25) is 5.91 Å². The van der Waals surface area contributed by atoms with Gasteiger partial charge in [-0.25, -0.2) is 14.8 Å². The van der Waals surface area contributed by atoms with Gasteiger partial charge in [-0.2, -0.15) is 0 Å². The molecule has 9 nitrogen and oxygen atoms in total. The van der Waals surface area contributed by atoms with E-state index >= 15 is 0 Å². The van der Waals surface area contributed by atoms with Crippen molar-refractivity contribution in [3.05, 3.63) is 71.1 Å². The molecule has 1 unspecified atom stereocenters. The molecule has 178 valence electrons. The smallest absolute Gasteiger partial charge is 0.331 e. The van der Waals surface area contributed by atoms with E-state index in [2.05, 4.69) is 33.4 Å². The lowest BCUT2D eigenvalue weighted by molar-refractivity contribution is -0.132. The summed E-state index contributed by atoms with van der Waals surface area (Å²) in [6.07, 6.45) is 6.97. The molecule has 1 atom stereocenters. The van der Waals surface area contributed by atoms with Crippen LogP contribution in [0.5, 0.6) is 0 Å². The number of carbonyl (C=O) groups excluding carboxylic acids is 2. The van der Waals surface area contributed by atoms with Gasteiger partial charge in [-0.1, -0.05) is 11.2 Å². The minimum atomic E-state index is -0.280. The van der Waals surface area contributed by atoms with Crippen LogP contribution in [0.4, 0.5) is 10.6 Å². The first kappa shape index (κ1) is 21.5. The van der Waals surface area contributed by atoms with Gasteiger partial charge in [-0.15, -0.1) is 0 Å². The highest BCUT2D eigenvalue weighted by Gasteiger charge is 2.29. The van der Waals surface area contributed by atoms with Crippen molar-refractivity contribution in [2.24, 2.45) is 0 Å². The van der Waals surface area contributed by atoms with E-state index in [-0.39, 0.29) is 18.0 Å². The number of anilines is 1. The van der Waals surface area contributed by atoms with Crippen molar-refractivity contribution in [2.45, 2.75) is 58.0 Å². The lowest BCUT2D eigenvalue weighted by Crippen LogP contribution is -2.42. The first-order chi connectivity index (χ1) is 17.0. The summed E-state index contributed by atoms with van der Waals surface area (Å²) < 4.78 is 6.91. The molecule has 0 saturated heterocycles. The second kappa shape index (κ2) is 8.33. The molecule has 0 spiro atoms. The second-order valence-corrected chi connectivity index (χ2v) is 9.52. The number of carbonyl (C=O) groups is 2. The Morgan fingerprint density at radius 2 is 2.03 bits per heavy atom. The number of nitrogens with one attached hydrogen (secondary N) is 1. The van der Waals surface area contributed by atoms with Crippen LogP contribution in [-0.4, -0.2) is 42.6 Å². The standard InChI is InChI=1S/C26H26N6O3/c1-15-9-20-21(27-14-28-22(20)13-32(15)16(2)33)11-17-3-6-23-19(10-17)7-8-31(23)26(34)29-25-12-24(35-30-25)18-4-5-18/h3,6-8,10,12,14-15,18H,4-5,9,11,13H2,1-2H3,(H,29,30,34). The molecule has 3 aromatic heterocycles. The highest BCUT2D eigenvalue weighted by Crippen LogP contribution is 2.40. The van der Waals surface area contributed by atoms with E-state index in [1.54, 1.807) is 30.1 Å². The van der Waals surface area contributed by atoms with Crippen LogP contribution in [0.15, 0.2) is 47.4 Å². The lowest BCUT2D eigenvalue weighted by Gasteiger charge is -2.34. The van der Waals surface area contributed by atoms with Crippen LogP contribution in [0.25, 0.3) is 10.9 Å². The number of hydrogen-bond donors (Lipinski definition) is 1. The van der Waals surface area contributed by atoms with Crippen LogP contribution in [0, 0.1) is 0 Å². The summed E-state index contributed by atoms with van der Waals surface area (Å²) in [7, 11) is 0. The third-order valence-electron chi connectivity index (χ3n) is 6.97. The molecule has 1 aliphatic heterocycles. The van der Waals surface area contributed by atoms with E-state index in [0.29, 0.717) is 24.7 Å². The molecule has 2 aliphatic rings. The van der Waals surface area contributed by atoms with E-state index in [1.165, 1.54) is 0 Å². The highest BCUT2D eigenvalue weighted by atomic mass is 16.5. The molecular formula is C26H26N6O3. The number of hydrogen-bond acceptors (Lipinski definition) is 6. The molecule has 9 heteroatoms. The van der Waals surface area contributed by atoms with Crippen molar-refractivity contribution in [1.82, 2.24) is 24.6 Å². The zero-order valence-electron chi connectivity index (χ0n) is 19.7. The number of aromatic nitrogens is 4. The summed E-state index contributed by atoms with van der Waals surface area (Å²) in [4.78, 5) is 35.7. The van der Waals surface area contributed by atoms with E-state index in [1.807, 2.05) is 23.1 Å². The minimum Gasteiger partial charge on any atom is -0.359 e. The van der Waals surface area contributed by atoms with Crippen molar-refractivity contribution in [1.29, 1.82) is 0 Å². The number of fused-ring (bicyclic) bond motifs is 2. The summed E-state index contributed by atoms with van der Waals surface area (Å²) in [5.74, 6) is 1.77. The maximum Gasteiger partial charge on any atom is 0.331 e. The maximum atomic E-state index is 12.9. The van der Waals surface area contributed by atoms with E-state index < -0.39 is 0 Å². The van der Waals surface area contributed by atoms with Crippen LogP contribution < -0.4 is 5.32 Å². The monoisotopic (exact) mass is 470 g/mol. The number of amides is 2. The molecule has 1 saturated carbocycles. The quantitative estimate of drug-likeness (QED) is 0.478. The minimum absolute atomic E-state index is 0.0641. The fraction of sp³-hybridized carbons (Fsp3) is 0.346. The zero-order chi connectivity index (χ0) is 24.1. The van der Waals surface area contributed by atoms with Crippen molar-refractivity contribution in [2.75, 3.05) is 5.32 Å². The molecule has 1 aromatic carbocycles. The van der Waals surface area contributed by atoms with Crippen LogP contribution in [-0.2, 0) is 24.2 Å². The Kier molecular flexibility index (Phi) is 5.12. The Bertz CT molecular complexity index is 1450. The predicted molar refractivity (Wildman–Crippen MR) is 129 cm³/mol. The Hall–Kier alpha value is -4.01. The van der Waals surface area contributed by atoms with Crippen molar-refractivity contribution >= 4 is 28.7 Å². The molecule has 1 aliphatic carbocycles. The molecule has 4 heterocycles. The van der Waals surface area contributed by atoms with Crippen molar-refractivity contribution in [3.63, 3.8) is 0 Å². The first-order valence-electron chi connectivity index (χ1n) is 11.9. The van der Waals surface area contributed by atoms with Crippen LogP contribution in [0.3, 0.4) is 0 Å². The van der Waals surface area contributed by atoms with Gasteiger partial charge in [-0.05, 0) is 55.5 Å². The summed E-state index contributed by atoms with van der Waals surface area (Å²) in [5, 5.41) is 7.76. The van der Waals surface area contributed by atoms with Crippen LogP contribution in [0.2, 0.25) is 0 Å². The molecule has 4 aromatic rings. The van der Waals surface area contributed by atoms with Gasteiger partial charge < -0.3 is 9.42 Å². The Morgan fingerprint density at radius 1 is 1.17 bits per heavy atom. The first-order valence-corrected chi connectivity index (χ1v) is 11.9. The van der Waals surface area contributed by atoms with Gasteiger partial charge in [0, 0.05) is 43.0 Å². The largest absolute Gasteiger partial charge is 0.359 e. The third-order valence-corrected chi connectivity index (χ3v) is 6.97. The summed E-state index contributed by atoms with van der Waals surface area (Å²) >= 11 is 0. The molecule has 6 rings (SSSR count). The van der Waals surface area contributed by atoms with Crippen molar-refractivity contribution in [3.8, 4) is 0 Å². The van der Waals surface area contributed by atoms with Crippen LogP contribution in [0.1, 0.15) is 60.9 Å². The van der Waals surface area contributed by atoms with E-state index in [0.717, 1.165) is 58.4 Å². The molecular weight excluding hydrogens is 444 g/mol.